The smallest absolute Gasteiger partial charge is 0.308 e. The van der Waals surface area contributed by atoms with E-state index in [1.165, 1.54) is 11.6 Å². The lowest BCUT2D eigenvalue weighted by Crippen LogP contribution is -2.60. The van der Waals surface area contributed by atoms with Crippen molar-refractivity contribution in [2.45, 2.75) is 25.3 Å². The van der Waals surface area contributed by atoms with Crippen LogP contribution in [0.25, 0.3) is 6.08 Å². The van der Waals surface area contributed by atoms with E-state index in [-0.39, 0.29) is 24.0 Å². The Morgan fingerprint density at radius 1 is 1.17 bits per heavy atom. The van der Waals surface area contributed by atoms with Crippen molar-refractivity contribution in [3.05, 3.63) is 71.8 Å². The largest absolute Gasteiger partial charge is 0.497 e. The van der Waals surface area contributed by atoms with E-state index in [4.69, 9.17) is 21.7 Å². The SMILES string of the molecule is COc1ccc(/C=C/C(=O)NC(=S)N2CCNC(=O)C2CC(=O)OCCCc2ccccc2)cc1. The fraction of sp³-hybridized carbons (Fsp3) is 0.308. The summed E-state index contributed by atoms with van der Waals surface area (Å²) in [6.07, 6.45) is 4.32. The van der Waals surface area contributed by atoms with Crippen LogP contribution in [0.2, 0.25) is 0 Å². The molecule has 2 amide bonds. The fourth-order valence-corrected chi connectivity index (χ4v) is 3.91. The van der Waals surface area contributed by atoms with E-state index in [1.807, 2.05) is 42.5 Å². The molecule has 2 N–H and O–H groups in total. The Morgan fingerprint density at radius 3 is 2.63 bits per heavy atom. The van der Waals surface area contributed by atoms with Gasteiger partial charge in [0.25, 0.3) is 0 Å². The number of ether oxygens (including phenoxy) is 2. The van der Waals surface area contributed by atoms with E-state index < -0.39 is 17.9 Å². The lowest BCUT2D eigenvalue weighted by Gasteiger charge is -2.36. The number of amides is 2. The second-order valence-corrected chi connectivity index (χ2v) is 8.30. The van der Waals surface area contributed by atoms with E-state index >= 15 is 0 Å². The van der Waals surface area contributed by atoms with Crippen LogP contribution in [0.1, 0.15) is 24.0 Å². The third-order valence-electron chi connectivity index (χ3n) is 5.44. The first kappa shape index (κ1) is 25.9. The average molecular weight is 496 g/mol. The summed E-state index contributed by atoms with van der Waals surface area (Å²) >= 11 is 5.37. The van der Waals surface area contributed by atoms with Gasteiger partial charge in [-0.15, -0.1) is 0 Å². The Hall–Kier alpha value is -3.72. The molecule has 0 spiro atoms. The van der Waals surface area contributed by atoms with Gasteiger partial charge in [0.05, 0.1) is 20.1 Å². The van der Waals surface area contributed by atoms with Gasteiger partial charge < -0.3 is 19.7 Å². The van der Waals surface area contributed by atoms with Crippen LogP contribution >= 0.6 is 12.2 Å². The maximum Gasteiger partial charge on any atom is 0.308 e. The van der Waals surface area contributed by atoms with Crippen LogP contribution in [0.15, 0.2) is 60.7 Å². The Bertz CT molecular complexity index is 1060. The number of piperazine rings is 1. The number of carbonyl (C=O) groups is 3. The van der Waals surface area contributed by atoms with Crippen LogP contribution in [-0.2, 0) is 25.5 Å². The molecular weight excluding hydrogens is 466 g/mol. The van der Waals surface area contributed by atoms with Crippen molar-refractivity contribution in [2.75, 3.05) is 26.8 Å². The van der Waals surface area contributed by atoms with Gasteiger partial charge in [-0.25, -0.2) is 0 Å². The van der Waals surface area contributed by atoms with E-state index in [0.717, 1.165) is 17.7 Å². The van der Waals surface area contributed by atoms with E-state index in [1.54, 1.807) is 30.2 Å². The molecule has 3 rings (SSSR count). The summed E-state index contributed by atoms with van der Waals surface area (Å²) in [4.78, 5) is 38.8. The standard InChI is InChI=1S/C26H29N3O5S/c1-33-21-12-9-20(10-13-21)11-14-23(30)28-26(35)29-16-15-27-25(32)22(29)18-24(31)34-17-5-8-19-6-3-2-4-7-19/h2-4,6-7,9-14,22H,5,8,15-18H2,1H3,(H,27,32)(H,28,30,35)/b14-11+. The summed E-state index contributed by atoms with van der Waals surface area (Å²) in [5, 5.41) is 5.44. The van der Waals surface area contributed by atoms with Crippen LogP contribution in [0.3, 0.4) is 0 Å². The van der Waals surface area contributed by atoms with Gasteiger partial charge in [-0.05, 0) is 54.4 Å². The number of benzene rings is 2. The summed E-state index contributed by atoms with van der Waals surface area (Å²) in [5.74, 6) is -0.530. The third-order valence-corrected chi connectivity index (χ3v) is 5.78. The zero-order valence-corrected chi connectivity index (χ0v) is 20.4. The molecule has 1 aliphatic rings. The van der Waals surface area contributed by atoms with Crippen molar-refractivity contribution >= 4 is 41.2 Å². The highest BCUT2D eigenvalue weighted by Gasteiger charge is 2.34. The number of nitrogens with one attached hydrogen (secondary N) is 2. The maximum atomic E-state index is 12.5. The number of carbonyl (C=O) groups excluding carboxylic acids is 3. The first-order chi connectivity index (χ1) is 17.0. The van der Waals surface area contributed by atoms with Crippen LogP contribution in [0.4, 0.5) is 0 Å². The number of esters is 1. The molecule has 1 fully saturated rings. The fourth-order valence-electron chi connectivity index (χ4n) is 3.59. The maximum absolute atomic E-state index is 12.5. The van der Waals surface area contributed by atoms with Gasteiger partial charge in [-0.1, -0.05) is 42.5 Å². The third kappa shape index (κ3) is 8.22. The van der Waals surface area contributed by atoms with Crippen LogP contribution in [0.5, 0.6) is 5.75 Å². The van der Waals surface area contributed by atoms with Crippen molar-refractivity contribution < 1.29 is 23.9 Å². The van der Waals surface area contributed by atoms with Gasteiger partial charge in [0.15, 0.2) is 5.11 Å². The molecule has 1 aliphatic heterocycles. The van der Waals surface area contributed by atoms with Crippen molar-refractivity contribution in [3.63, 3.8) is 0 Å². The van der Waals surface area contributed by atoms with Gasteiger partial charge >= 0.3 is 5.97 Å². The first-order valence-corrected chi connectivity index (χ1v) is 11.8. The number of hydrogen-bond acceptors (Lipinski definition) is 6. The molecule has 1 unspecified atom stereocenters. The first-order valence-electron chi connectivity index (χ1n) is 11.4. The van der Waals surface area contributed by atoms with Crippen molar-refractivity contribution in [1.29, 1.82) is 0 Å². The highest BCUT2D eigenvalue weighted by molar-refractivity contribution is 7.80. The molecule has 2 aromatic rings. The van der Waals surface area contributed by atoms with E-state index in [2.05, 4.69) is 10.6 Å². The van der Waals surface area contributed by atoms with Gasteiger partial charge in [0.1, 0.15) is 11.8 Å². The summed E-state index contributed by atoms with van der Waals surface area (Å²) in [6.45, 7) is 0.998. The lowest BCUT2D eigenvalue weighted by molar-refractivity contribution is -0.147. The second kappa shape index (κ2) is 13.2. The number of rotatable bonds is 9. The minimum Gasteiger partial charge on any atom is -0.497 e. The number of nitrogens with zero attached hydrogens (tertiary/aromatic N) is 1. The summed E-state index contributed by atoms with van der Waals surface area (Å²) in [6, 6.07) is 16.3. The molecule has 0 aliphatic carbocycles. The number of aryl methyl sites for hydroxylation is 1. The summed E-state index contributed by atoms with van der Waals surface area (Å²) in [7, 11) is 1.58. The van der Waals surface area contributed by atoms with Crippen LogP contribution in [0, 0.1) is 0 Å². The Morgan fingerprint density at radius 2 is 1.91 bits per heavy atom. The Labute approximate surface area is 210 Å². The van der Waals surface area contributed by atoms with Gasteiger partial charge in [-0.3, -0.25) is 19.7 Å². The molecule has 1 atom stereocenters. The van der Waals surface area contributed by atoms with Gasteiger partial charge in [-0.2, -0.15) is 0 Å². The molecule has 0 saturated carbocycles. The Kier molecular flexibility index (Phi) is 9.80. The summed E-state index contributed by atoms with van der Waals surface area (Å²) < 4.78 is 10.4. The topological polar surface area (TPSA) is 97.0 Å². The predicted octanol–water partition coefficient (Wildman–Crippen LogP) is 2.48. The quantitative estimate of drug-likeness (QED) is 0.239. The van der Waals surface area contributed by atoms with E-state index in [9.17, 15) is 14.4 Å². The molecule has 2 aromatic carbocycles. The molecule has 35 heavy (non-hydrogen) atoms. The molecular formula is C26H29N3O5S. The number of methoxy groups -OCH3 is 1. The molecule has 9 heteroatoms. The molecule has 0 aromatic heterocycles. The molecule has 184 valence electrons. The predicted molar refractivity (Wildman–Crippen MR) is 137 cm³/mol. The van der Waals surface area contributed by atoms with Gasteiger partial charge in [0.2, 0.25) is 11.8 Å². The lowest BCUT2D eigenvalue weighted by atomic mass is 10.1. The highest BCUT2D eigenvalue weighted by atomic mass is 32.1. The Balaban J connectivity index is 1.49. The molecule has 1 saturated heterocycles. The zero-order chi connectivity index (χ0) is 25.0. The number of thiocarbonyl (C=S) groups is 1. The van der Waals surface area contributed by atoms with E-state index in [0.29, 0.717) is 19.5 Å². The van der Waals surface area contributed by atoms with Crippen molar-refractivity contribution in [1.82, 2.24) is 15.5 Å². The monoisotopic (exact) mass is 495 g/mol. The summed E-state index contributed by atoms with van der Waals surface area (Å²) in [5.41, 5.74) is 1.99. The van der Waals surface area contributed by atoms with Gasteiger partial charge in [0, 0.05) is 19.2 Å². The van der Waals surface area contributed by atoms with Crippen molar-refractivity contribution in [2.24, 2.45) is 0 Å². The van der Waals surface area contributed by atoms with Crippen LogP contribution in [-0.4, -0.2) is 60.6 Å². The van der Waals surface area contributed by atoms with Crippen LogP contribution < -0.4 is 15.4 Å². The van der Waals surface area contributed by atoms with Crippen molar-refractivity contribution in [3.8, 4) is 5.75 Å². The molecule has 8 nitrogen and oxygen atoms in total. The second-order valence-electron chi connectivity index (χ2n) is 7.91. The highest BCUT2D eigenvalue weighted by Crippen LogP contribution is 2.13. The average Bonchev–Trinajstić information content (AvgIpc) is 2.87. The molecule has 0 bridgehead atoms. The zero-order valence-electron chi connectivity index (χ0n) is 19.6. The normalized spacial score (nSPS) is 15.4. The number of hydrogen-bond donors (Lipinski definition) is 2. The molecule has 1 heterocycles. The minimum absolute atomic E-state index is 0.0890. The minimum atomic E-state index is -0.844. The molecule has 0 radical (unpaired) electrons.